The Balaban J connectivity index is 1.90. The Hall–Kier alpha value is -0.940. The van der Waals surface area contributed by atoms with Crippen LogP contribution in [0.3, 0.4) is 0 Å². The average molecular weight is 210 g/mol. The molecule has 1 saturated heterocycles. The molecule has 1 aliphatic heterocycles. The Labute approximate surface area is 89.6 Å². The van der Waals surface area contributed by atoms with Gasteiger partial charge in [0.2, 0.25) is 5.89 Å². The summed E-state index contributed by atoms with van der Waals surface area (Å²) in [5.41, 5.74) is 5.90. The third-order valence-electron chi connectivity index (χ3n) is 2.73. The number of nitrogens with two attached hydrogens (primary N) is 1. The predicted octanol–water partition coefficient (Wildman–Crippen LogP) is 0.555. The summed E-state index contributed by atoms with van der Waals surface area (Å²) in [4.78, 5) is 6.57. The highest BCUT2D eigenvalue weighted by molar-refractivity contribution is 4.87. The van der Waals surface area contributed by atoms with Gasteiger partial charge >= 0.3 is 0 Å². The van der Waals surface area contributed by atoms with Crippen LogP contribution in [0.1, 0.15) is 31.5 Å². The fourth-order valence-electron chi connectivity index (χ4n) is 1.92. The highest BCUT2D eigenvalue weighted by Crippen LogP contribution is 2.11. The van der Waals surface area contributed by atoms with Crippen molar-refractivity contribution in [2.45, 2.75) is 38.8 Å². The van der Waals surface area contributed by atoms with Crippen molar-refractivity contribution in [1.82, 2.24) is 15.0 Å². The molecule has 5 heteroatoms. The van der Waals surface area contributed by atoms with Crippen LogP contribution in [-0.2, 0) is 13.0 Å². The molecule has 0 saturated carbocycles. The van der Waals surface area contributed by atoms with E-state index >= 15 is 0 Å². The lowest BCUT2D eigenvalue weighted by molar-refractivity contribution is 0.178. The minimum absolute atomic E-state index is 0.298. The minimum Gasteiger partial charge on any atom is -0.338 e. The molecule has 84 valence electrons. The summed E-state index contributed by atoms with van der Waals surface area (Å²) in [6.07, 6.45) is 3.11. The second-order valence-corrected chi connectivity index (χ2v) is 4.10. The number of piperidine rings is 1. The first kappa shape index (κ1) is 10.6. The molecule has 0 aromatic carbocycles. The van der Waals surface area contributed by atoms with Gasteiger partial charge in [-0.05, 0) is 19.4 Å². The van der Waals surface area contributed by atoms with Crippen LogP contribution in [0.15, 0.2) is 4.52 Å². The first-order valence-electron chi connectivity index (χ1n) is 5.57. The molecule has 15 heavy (non-hydrogen) atoms. The maximum Gasteiger partial charge on any atom is 0.240 e. The summed E-state index contributed by atoms with van der Waals surface area (Å²) in [5.74, 6) is 1.49. The molecule has 5 nitrogen and oxygen atoms in total. The van der Waals surface area contributed by atoms with Crippen molar-refractivity contribution in [3.63, 3.8) is 0 Å². The van der Waals surface area contributed by atoms with Gasteiger partial charge < -0.3 is 10.3 Å². The monoisotopic (exact) mass is 210 g/mol. The number of nitrogens with zero attached hydrogens (tertiary/aromatic N) is 3. The van der Waals surface area contributed by atoms with Gasteiger partial charge in [-0.3, -0.25) is 4.90 Å². The molecule has 1 aromatic rings. The number of hydrogen-bond donors (Lipinski definition) is 1. The van der Waals surface area contributed by atoms with Gasteiger partial charge in [0.1, 0.15) is 0 Å². The molecule has 0 spiro atoms. The first-order chi connectivity index (χ1) is 7.28. The Morgan fingerprint density at radius 3 is 3.13 bits per heavy atom. The van der Waals surface area contributed by atoms with E-state index in [1.165, 1.54) is 0 Å². The molecule has 2 rings (SSSR count). The standard InChI is InChI=1S/C10H18N4O/c1-2-9-12-10(15-13-9)7-14-5-3-4-8(11)6-14/h8H,2-7,11H2,1H3/t8-/m1/s1. The molecule has 1 aliphatic rings. The number of rotatable bonds is 3. The van der Waals surface area contributed by atoms with E-state index in [4.69, 9.17) is 10.3 Å². The zero-order valence-corrected chi connectivity index (χ0v) is 9.15. The van der Waals surface area contributed by atoms with E-state index < -0.39 is 0 Å². The Kier molecular flexibility index (Phi) is 3.33. The lowest BCUT2D eigenvalue weighted by atomic mass is 10.1. The molecule has 1 atom stereocenters. The van der Waals surface area contributed by atoms with Crippen LogP contribution in [0.25, 0.3) is 0 Å². The molecule has 2 heterocycles. The van der Waals surface area contributed by atoms with Gasteiger partial charge in [-0.25, -0.2) is 0 Å². The van der Waals surface area contributed by atoms with Crippen molar-refractivity contribution in [2.24, 2.45) is 5.73 Å². The van der Waals surface area contributed by atoms with Crippen molar-refractivity contribution in [3.8, 4) is 0 Å². The molecular weight excluding hydrogens is 192 g/mol. The van der Waals surface area contributed by atoms with Crippen LogP contribution in [0.5, 0.6) is 0 Å². The third-order valence-corrected chi connectivity index (χ3v) is 2.73. The van der Waals surface area contributed by atoms with Gasteiger partial charge in [0, 0.05) is 19.0 Å². The quantitative estimate of drug-likeness (QED) is 0.789. The van der Waals surface area contributed by atoms with E-state index in [1.54, 1.807) is 0 Å². The van der Waals surface area contributed by atoms with E-state index in [0.717, 1.165) is 44.7 Å². The lowest BCUT2D eigenvalue weighted by Gasteiger charge is -2.29. The summed E-state index contributed by atoms with van der Waals surface area (Å²) >= 11 is 0. The van der Waals surface area contributed by atoms with Crippen molar-refractivity contribution < 1.29 is 4.52 Å². The average Bonchev–Trinajstić information content (AvgIpc) is 2.65. The molecule has 0 unspecified atom stereocenters. The van der Waals surface area contributed by atoms with Crippen LogP contribution in [0, 0.1) is 0 Å². The molecular formula is C10H18N4O. The van der Waals surface area contributed by atoms with Crippen LogP contribution in [-0.4, -0.2) is 34.2 Å². The summed E-state index contributed by atoms with van der Waals surface area (Å²) in [6.45, 7) is 4.77. The van der Waals surface area contributed by atoms with E-state index in [-0.39, 0.29) is 0 Å². The minimum atomic E-state index is 0.298. The topological polar surface area (TPSA) is 68.2 Å². The fourth-order valence-corrected chi connectivity index (χ4v) is 1.92. The molecule has 0 radical (unpaired) electrons. The smallest absolute Gasteiger partial charge is 0.240 e. The summed E-state index contributed by atoms with van der Waals surface area (Å²) in [7, 11) is 0. The van der Waals surface area contributed by atoms with Gasteiger partial charge in [-0.15, -0.1) is 0 Å². The second-order valence-electron chi connectivity index (χ2n) is 4.10. The van der Waals surface area contributed by atoms with Crippen molar-refractivity contribution in [2.75, 3.05) is 13.1 Å². The largest absolute Gasteiger partial charge is 0.338 e. The van der Waals surface area contributed by atoms with Crippen molar-refractivity contribution in [1.29, 1.82) is 0 Å². The molecule has 1 fully saturated rings. The van der Waals surface area contributed by atoms with Crippen molar-refractivity contribution >= 4 is 0 Å². The van der Waals surface area contributed by atoms with Crippen LogP contribution >= 0.6 is 0 Å². The van der Waals surface area contributed by atoms with Gasteiger partial charge in [-0.1, -0.05) is 12.1 Å². The lowest BCUT2D eigenvalue weighted by Crippen LogP contribution is -2.42. The third kappa shape index (κ3) is 2.76. The number of likely N-dealkylation sites (tertiary alicyclic amines) is 1. The Bertz CT molecular complexity index is 312. The van der Waals surface area contributed by atoms with Crippen molar-refractivity contribution in [3.05, 3.63) is 11.7 Å². The molecule has 2 N–H and O–H groups in total. The maximum absolute atomic E-state index is 5.90. The van der Waals surface area contributed by atoms with Crippen LogP contribution < -0.4 is 5.73 Å². The van der Waals surface area contributed by atoms with E-state index in [1.807, 2.05) is 6.92 Å². The van der Waals surface area contributed by atoms with E-state index in [0.29, 0.717) is 11.9 Å². The molecule has 1 aromatic heterocycles. The first-order valence-corrected chi connectivity index (χ1v) is 5.57. The zero-order valence-electron chi connectivity index (χ0n) is 9.15. The normalized spacial score (nSPS) is 23.2. The number of aromatic nitrogens is 2. The highest BCUT2D eigenvalue weighted by Gasteiger charge is 2.18. The van der Waals surface area contributed by atoms with E-state index in [2.05, 4.69) is 15.0 Å². The summed E-state index contributed by atoms with van der Waals surface area (Å²) in [6, 6.07) is 0.298. The summed E-state index contributed by atoms with van der Waals surface area (Å²) in [5, 5.41) is 3.88. The molecule has 0 aliphatic carbocycles. The fraction of sp³-hybridized carbons (Fsp3) is 0.800. The Morgan fingerprint density at radius 1 is 1.60 bits per heavy atom. The van der Waals surface area contributed by atoms with Crippen LogP contribution in [0.4, 0.5) is 0 Å². The number of hydrogen-bond acceptors (Lipinski definition) is 5. The van der Waals surface area contributed by atoms with E-state index in [9.17, 15) is 0 Å². The van der Waals surface area contributed by atoms with Gasteiger partial charge in [0.05, 0.1) is 6.54 Å². The molecule has 0 bridgehead atoms. The van der Waals surface area contributed by atoms with Crippen LogP contribution in [0.2, 0.25) is 0 Å². The predicted molar refractivity (Wildman–Crippen MR) is 56.2 cm³/mol. The van der Waals surface area contributed by atoms with Gasteiger partial charge in [0.25, 0.3) is 0 Å². The maximum atomic E-state index is 5.90. The Morgan fingerprint density at radius 2 is 2.47 bits per heavy atom. The van der Waals surface area contributed by atoms with Gasteiger partial charge in [0.15, 0.2) is 5.82 Å². The second kappa shape index (κ2) is 4.72. The number of aryl methyl sites for hydroxylation is 1. The highest BCUT2D eigenvalue weighted by atomic mass is 16.5. The SMILES string of the molecule is CCc1noc(CN2CCC[C@@H](N)C2)n1. The molecule has 0 amide bonds. The van der Waals surface area contributed by atoms with Gasteiger partial charge in [-0.2, -0.15) is 4.98 Å². The summed E-state index contributed by atoms with van der Waals surface area (Å²) < 4.78 is 5.15. The zero-order chi connectivity index (χ0) is 10.7.